The Hall–Kier alpha value is -2.09. The van der Waals surface area contributed by atoms with Gasteiger partial charge in [0.15, 0.2) is 0 Å². The number of benzene rings is 2. The molecule has 0 saturated carbocycles. The molecule has 2 heteroatoms. The summed E-state index contributed by atoms with van der Waals surface area (Å²) < 4.78 is 5.89. The second-order valence-electron chi connectivity index (χ2n) is 7.72. The Bertz CT molecular complexity index is 794. The van der Waals surface area contributed by atoms with Crippen LogP contribution in [0.4, 0.5) is 0 Å². The first-order valence-corrected chi connectivity index (χ1v) is 9.40. The van der Waals surface area contributed by atoms with Crippen LogP contribution in [-0.4, -0.2) is 5.97 Å². The summed E-state index contributed by atoms with van der Waals surface area (Å²) in [6.07, 6.45) is 4.32. The predicted octanol–water partition coefficient (Wildman–Crippen LogP) is 6.30. The van der Waals surface area contributed by atoms with Crippen LogP contribution in [0.3, 0.4) is 0 Å². The second-order valence-corrected chi connectivity index (χ2v) is 7.72. The Morgan fingerprint density at radius 3 is 2.48 bits per heavy atom. The Balaban J connectivity index is 1.90. The lowest BCUT2D eigenvalue weighted by Crippen LogP contribution is -2.14. The highest BCUT2D eigenvalue weighted by Gasteiger charge is 2.25. The van der Waals surface area contributed by atoms with Gasteiger partial charge in [-0.3, -0.25) is 4.79 Å². The van der Waals surface area contributed by atoms with Crippen LogP contribution in [0.25, 0.3) is 16.3 Å². The van der Waals surface area contributed by atoms with Crippen LogP contribution in [0.1, 0.15) is 64.2 Å². The van der Waals surface area contributed by atoms with Gasteiger partial charge < -0.3 is 4.74 Å². The van der Waals surface area contributed by atoms with Crippen molar-refractivity contribution in [1.29, 1.82) is 0 Å². The van der Waals surface area contributed by atoms with E-state index in [0.717, 1.165) is 18.4 Å². The van der Waals surface area contributed by atoms with Crippen LogP contribution in [0.2, 0.25) is 0 Å². The molecular weight excluding hydrogens is 308 g/mol. The maximum atomic E-state index is 12.3. The number of ether oxygens (including phenoxy) is 1. The summed E-state index contributed by atoms with van der Waals surface area (Å²) >= 11 is 0. The van der Waals surface area contributed by atoms with Crippen LogP contribution in [-0.2, 0) is 9.53 Å². The van der Waals surface area contributed by atoms with Gasteiger partial charge in [-0.15, -0.1) is 0 Å². The van der Waals surface area contributed by atoms with Crippen molar-refractivity contribution in [3.05, 3.63) is 53.6 Å². The first kappa shape index (κ1) is 17.7. The molecule has 1 atom stereocenters. The van der Waals surface area contributed by atoms with E-state index < -0.39 is 0 Å². The Morgan fingerprint density at radius 2 is 1.80 bits per heavy atom. The molecule has 25 heavy (non-hydrogen) atoms. The molecule has 0 radical (unpaired) electrons. The number of hydrogen-bond donors (Lipinski definition) is 0. The molecule has 3 rings (SSSR count). The highest BCUT2D eigenvalue weighted by molar-refractivity contribution is 5.99. The predicted molar refractivity (Wildman–Crippen MR) is 104 cm³/mol. The summed E-state index contributed by atoms with van der Waals surface area (Å²) in [6.45, 7) is 8.75. The van der Waals surface area contributed by atoms with E-state index in [1.807, 2.05) is 0 Å². The molecule has 0 N–H and O–H groups in total. The first-order valence-electron chi connectivity index (χ1n) is 9.40. The largest absolute Gasteiger partial charge is 0.453 e. The average molecular weight is 336 g/mol. The van der Waals surface area contributed by atoms with Gasteiger partial charge in [0.25, 0.3) is 0 Å². The summed E-state index contributed by atoms with van der Waals surface area (Å²) in [5, 5.41) is 2.44. The SMILES string of the molecule is CC(C)CCCC(=O)OC1C=C(C(C)C)c2cccc3cccc1c23. The van der Waals surface area contributed by atoms with E-state index in [-0.39, 0.29) is 12.1 Å². The molecule has 0 bridgehead atoms. The summed E-state index contributed by atoms with van der Waals surface area (Å²) in [5.74, 6) is 0.915. The van der Waals surface area contributed by atoms with Crippen molar-refractivity contribution in [2.24, 2.45) is 11.8 Å². The molecule has 0 spiro atoms. The van der Waals surface area contributed by atoms with Gasteiger partial charge in [-0.1, -0.05) is 70.5 Å². The van der Waals surface area contributed by atoms with E-state index in [2.05, 4.69) is 70.2 Å². The minimum atomic E-state index is -0.275. The number of carbonyl (C=O) groups is 1. The van der Waals surface area contributed by atoms with Crippen molar-refractivity contribution < 1.29 is 9.53 Å². The Kier molecular flexibility index (Phi) is 5.27. The first-order chi connectivity index (χ1) is 12.0. The van der Waals surface area contributed by atoms with Gasteiger partial charge in [-0.05, 0) is 46.2 Å². The van der Waals surface area contributed by atoms with E-state index in [0.29, 0.717) is 18.3 Å². The minimum Gasteiger partial charge on any atom is -0.453 e. The van der Waals surface area contributed by atoms with Gasteiger partial charge in [0, 0.05) is 12.0 Å². The molecule has 1 aliphatic rings. The molecule has 0 aliphatic heterocycles. The van der Waals surface area contributed by atoms with Crippen LogP contribution in [0, 0.1) is 11.8 Å². The Labute approximate surface area is 150 Å². The summed E-state index contributed by atoms with van der Waals surface area (Å²) in [7, 11) is 0. The second kappa shape index (κ2) is 7.43. The van der Waals surface area contributed by atoms with Crippen molar-refractivity contribution in [3.8, 4) is 0 Å². The third kappa shape index (κ3) is 3.78. The van der Waals surface area contributed by atoms with E-state index in [1.165, 1.54) is 21.9 Å². The van der Waals surface area contributed by atoms with Gasteiger partial charge in [0.05, 0.1) is 0 Å². The van der Waals surface area contributed by atoms with Crippen molar-refractivity contribution >= 4 is 22.3 Å². The molecule has 0 amide bonds. The normalized spacial score (nSPS) is 16.4. The minimum absolute atomic E-state index is 0.0959. The zero-order valence-corrected chi connectivity index (χ0v) is 15.7. The molecule has 1 aliphatic carbocycles. The fourth-order valence-corrected chi connectivity index (χ4v) is 3.65. The molecule has 0 fully saturated rings. The molecular formula is C23H28O2. The average Bonchev–Trinajstić information content (AvgIpc) is 2.57. The lowest BCUT2D eigenvalue weighted by Gasteiger charge is -2.27. The summed E-state index contributed by atoms with van der Waals surface area (Å²) in [5.41, 5.74) is 3.65. The number of allylic oxidation sites excluding steroid dienone is 1. The van der Waals surface area contributed by atoms with E-state index in [9.17, 15) is 4.79 Å². The molecule has 2 aromatic rings. The lowest BCUT2D eigenvalue weighted by molar-refractivity contribution is -0.147. The third-order valence-corrected chi connectivity index (χ3v) is 4.93. The monoisotopic (exact) mass is 336 g/mol. The van der Waals surface area contributed by atoms with Gasteiger partial charge in [-0.2, -0.15) is 0 Å². The zero-order chi connectivity index (χ0) is 18.0. The highest BCUT2D eigenvalue weighted by Crippen LogP contribution is 2.41. The van der Waals surface area contributed by atoms with E-state index in [1.54, 1.807) is 0 Å². The van der Waals surface area contributed by atoms with Crippen molar-refractivity contribution in [2.45, 2.75) is 53.1 Å². The fraction of sp³-hybridized carbons (Fsp3) is 0.435. The molecule has 0 aromatic heterocycles. The smallest absolute Gasteiger partial charge is 0.306 e. The third-order valence-electron chi connectivity index (χ3n) is 4.93. The molecule has 132 valence electrons. The van der Waals surface area contributed by atoms with Crippen LogP contribution >= 0.6 is 0 Å². The highest BCUT2D eigenvalue weighted by atomic mass is 16.5. The van der Waals surface area contributed by atoms with E-state index in [4.69, 9.17) is 4.74 Å². The number of esters is 1. The van der Waals surface area contributed by atoms with Crippen LogP contribution in [0.15, 0.2) is 42.5 Å². The van der Waals surface area contributed by atoms with Crippen molar-refractivity contribution in [3.63, 3.8) is 0 Å². The van der Waals surface area contributed by atoms with Crippen molar-refractivity contribution in [2.75, 3.05) is 0 Å². The molecule has 2 nitrogen and oxygen atoms in total. The molecule has 1 unspecified atom stereocenters. The van der Waals surface area contributed by atoms with Crippen molar-refractivity contribution in [1.82, 2.24) is 0 Å². The van der Waals surface area contributed by atoms with Gasteiger partial charge >= 0.3 is 5.97 Å². The number of hydrogen-bond acceptors (Lipinski definition) is 2. The fourth-order valence-electron chi connectivity index (χ4n) is 3.65. The maximum Gasteiger partial charge on any atom is 0.306 e. The molecule has 0 saturated heterocycles. The molecule has 0 heterocycles. The zero-order valence-electron chi connectivity index (χ0n) is 15.7. The van der Waals surface area contributed by atoms with Crippen LogP contribution < -0.4 is 0 Å². The number of rotatable bonds is 6. The quantitative estimate of drug-likeness (QED) is 0.578. The molecule has 2 aromatic carbocycles. The number of carbonyl (C=O) groups excluding carboxylic acids is 1. The lowest BCUT2D eigenvalue weighted by atomic mass is 9.82. The van der Waals surface area contributed by atoms with Gasteiger partial charge in [0.2, 0.25) is 0 Å². The topological polar surface area (TPSA) is 26.3 Å². The summed E-state index contributed by atoms with van der Waals surface area (Å²) in [4.78, 5) is 12.3. The van der Waals surface area contributed by atoms with Crippen LogP contribution in [0.5, 0.6) is 0 Å². The van der Waals surface area contributed by atoms with Gasteiger partial charge in [-0.25, -0.2) is 0 Å². The standard InChI is InChI=1S/C23H28O2/c1-15(2)8-5-13-22(24)25-21-14-20(16(3)4)18-11-6-9-17-10-7-12-19(21)23(17)18/h6-7,9-12,14-16,21H,5,8,13H2,1-4H3. The van der Waals surface area contributed by atoms with E-state index >= 15 is 0 Å². The maximum absolute atomic E-state index is 12.3. The van der Waals surface area contributed by atoms with Gasteiger partial charge in [0.1, 0.15) is 6.10 Å². The summed E-state index contributed by atoms with van der Waals surface area (Å²) in [6, 6.07) is 12.7. The Morgan fingerprint density at radius 1 is 1.08 bits per heavy atom.